The number of esters is 1. The van der Waals surface area contributed by atoms with Crippen molar-refractivity contribution < 1.29 is 23.9 Å². The van der Waals surface area contributed by atoms with E-state index in [2.05, 4.69) is 16.1 Å². The number of hydrogen-bond donors (Lipinski definition) is 1. The van der Waals surface area contributed by atoms with Gasteiger partial charge in [0.1, 0.15) is 5.88 Å². The van der Waals surface area contributed by atoms with Crippen LogP contribution in [0.1, 0.15) is 6.42 Å². The van der Waals surface area contributed by atoms with E-state index in [0.717, 1.165) is 6.08 Å². The molecule has 0 spiro atoms. The second-order valence-corrected chi connectivity index (χ2v) is 2.81. The lowest BCUT2D eigenvalue weighted by Gasteiger charge is -2.04. The molecule has 2 amide bonds. The molecule has 0 fully saturated rings. The number of alkyl halides is 1. The van der Waals surface area contributed by atoms with Crippen LogP contribution in [0.4, 0.5) is 4.79 Å². The highest BCUT2D eigenvalue weighted by Gasteiger charge is 2.06. The summed E-state index contributed by atoms with van der Waals surface area (Å²) in [6, 6.07) is 0. The largest absolute Gasteiger partial charge is 0.462 e. The number of nitrogens with one attached hydrogen (secondary N) is 1. The number of alkyl carbamates (subject to hydrolysis) is 1. The molecule has 0 saturated carbocycles. The summed E-state index contributed by atoms with van der Waals surface area (Å²) in [5.41, 5.74) is 0. The topological polar surface area (TPSA) is 81.7 Å². The van der Waals surface area contributed by atoms with Crippen molar-refractivity contribution in [1.29, 1.82) is 0 Å². The number of halogens is 1. The SMILES string of the molecule is C=CC(=O)OCCCOC(=O)NC(=O)CCl. The number of hydrogen-bond acceptors (Lipinski definition) is 5. The number of ether oxygens (including phenoxy) is 2. The van der Waals surface area contributed by atoms with Crippen LogP contribution in [0.2, 0.25) is 0 Å². The third-order valence-corrected chi connectivity index (χ3v) is 1.54. The molecule has 0 aromatic carbocycles. The van der Waals surface area contributed by atoms with Gasteiger partial charge in [-0.3, -0.25) is 10.1 Å². The van der Waals surface area contributed by atoms with Gasteiger partial charge in [0, 0.05) is 12.5 Å². The fourth-order valence-electron chi connectivity index (χ4n) is 0.639. The summed E-state index contributed by atoms with van der Waals surface area (Å²) >= 11 is 5.14. The summed E-state index contributed by atoms with van der Waals surface area (Å²) in [5, 5.41) is 1.88. The van der Waals surface area contributed by atoms with Crippen molar-refractivity contribution in [2.75, 3.05) is 19.1 Å². The van der Waals surface area contributed by atoms with Crippen LogP contribution in [-0.4, -0.2) is 37.1 Å². The lowest BCUT2D eigenvalue weighted by Crippen LogP contribution is -2.32. The highest BCUT2D eigenvalue weighted by Crippen LogP contribution is 1.88. The van der Waals surface area contributed by atoms with Crippen LogP contribution in [0.15, 0.2) is 12.7 Å². The van der Waals surface area contributed by atoms with Crippen molar-refractivity contribution in [3.05, 3.63) is 12.7 Å². The maximum Gasteiger partial charge on any atom is 0.413 e. The van der Waals surface area contributed by atoms with Crippen molar-refractivity contribution in [3.8, 4) is 0 Å². The highest BCUT2D eigenvalue weighted by molar-refractivity contribution is 6.28. The first-order valence-corrected chi connectivity index (χ1v) is 4.95. The predicted octanol–water partition coefficient (Wildman–Crippen LogP) is 0.597. The van der Waals surface area contributed by atoms with Gasteiger partial charge in [0.05, 0.1) is 13.2 Å². The molecule has 0 aromatic heterocycles. The maximum absolute atomic E-state index is 10.8. The average molecular weight is 250 g/mol. The zero-order valence-corrected chi connectivity index (χ0v) is 9.29. The molecule has 16 heavy (non-hydrogen) atoms. The molecule has 0 aliphatic carbocycles. The van der Waals surface area contributed by atoms with E-state index in [-0.39, 0.29) is 19.1 Å². The summed E-state index contributed by atoms with van der Waals surface area (Å²) in [4.78, 5) is 32.0. The van der Waals surface area contributed by atoms with Gasteiger partial charge in [-0.15, -0.1) is 11.6 Å². The van der Waals surface area contributed by atoms with E-state index < -0.39 is 18.0 Å². The van der Waals surface area contributed by atoms with Crippen LogP contribution in [0, 0.1) is 0 Å². The van der Waals surface area contributed by atoms with Gasteiger partial charge in [-0.2, -0.15) is 0 Å². The highest BCUT2D eigenvalue weighted by atomic mass is 35.5. The molecule has 90 valence electrons. The van der Waals surface area contributed by atoms with Crippen LogP contribution < -0.4 is 5.32 Å². The number of amides is 2. The fourth-order valence-corrected chi connectivity index (χ4v) is 0.706. The molecule has 0 heterocycles. The van der Waals surface area contributed by atoms with Gasteiger partial charge in [-0.25, -0.2) is 9.59 Å². The number of rotatable bonds is 6. The first kappa shape index (κ1) is 14.4. The monoisotopic (exact) mass is 249 g/mol. The van der Waals surface area contributed by atoms with Crippen LogP contribution in [-0.2, 0) is 19.1 Å². The van der Waals surface area contributed by atoms with Crippen LogP contribution >= 0.6 is 11.6 Å². The van der Waals surface area contributed by atoms with E-state index in [0.29, 0.717) is 6.42 Å². The number of imide groups is 1. The molecule has 0 rings (SSSR count). The molecule has 0 atom stereocenters. The molecule has 0 unspecified atom stereocenters. The van der Waals surface area contributed by atoms with Crippen molar-refractivity contribution in [2.24, 2.45) is 0 Å². The fraction of sp³-hybridized carbons (Fsp3) is 0.444. The summed E-state index contributed by atoms with van der Waals surface area (Å²) in [6.45, 7) is 3.36. The smallest absolute Gasteiger partial charge is 0.413 e. The molecular formula is C9H12ClNO5. The van der Waals surface area contributed by atoms with Crippen molar-refractivity contribution in [3.63, 3.8) is 0 Å². The summed E-state index contributed by atoms with van der Waals surface area (Å²) in [6.07, 6.45) is 0.495. The van der Waals surface area contributed by atoms with Gasteiger partial charge >= 0.3 is 12.1 Å². The normalized spacial score (nSPS) is 9.06. The molecule has 7 heteroatoms. The van der Waals surface area contributed by atoms with E-state index in [9.17, 15) is 14.4 Å². The van der Waals surface area contributed by atoms with E-state index in [4.69, 9.17) is 11.6 Å². The van der Waals surface area contributed by atoms with Crippen molar-refractivity contribution in [1.82, 2.24) is 5.32 Å². The standard InChI is InChI=1S/C9H12ClNO5/c1-2-8(13)15-4-3-5-16-9(14)11-7(12)6-10/h2H,1,3-6H2,(H,11,12,14). The van der Waals surface area contributed by atoms with Crippen LogP contribution in [0.3, 0.4) is 0 Å². The second kappa shape index (κ2) is 8.72. The van der Waals surface area contributed by atoms with E-state index >= 15 is 0 Å². The zero-order valence-electron chi connectivity index (χ0n) is 8.53. The minimum Gasteiger partial charge on any atom is -0.462 e. The van der Waals surface area contributed by atoms with Gasteiger partial charge < -0.3 is 9.47 Å². The van der Waals surface area contributed by atoms with Crippen LogP contribution in [0.5, 0.6) is 0 Å². The van der Waals surface area contributed by atoms with Gasteiger partial charge in [-0.1, -0.05) is 6.58 Å². The molecule has 0 saturated heterocycles. The van der Waals surface area contributed by atoms with Gasteiger partial charge in [0.2, 0.25) is 5.91 Å². The molecular weight excluding hydrogens is 238 g/mol. The Hall–Kier alpha value is -1.56. The molecule has 6 nitrogen and oxygen atoms in total. The molecule has 0 aliphatic heterocycles. The first-order valence-electron chi connectivity index (χ1n) is 4.42. The Balaban J connectivity index is 3.44. The van der Waals surface area contributed by atoms with Crippen molar-refractivity contribution in [2.45, 2.75) is 6.42 Å². The molecule has 1 N–H and O–H groups in total. The van der Waals surface area contributed by atoms with Gasteiger partial charge in [0.15, 0.2) is 0 Å². The quantitative estimate of drug-likeness (QED) is 0.323. The third-order valence-electron chi connectivity index (χ3n) is 1.30. The Morgan fingerprint density at radius 2 is 1.88 bits per heavy atom. The molecule has 0 radical (unpaired) electrons. The first-order chi connectivity index (χ1) is 7.60. The second-order valence-electron chi connectivity index (χ2n) is 2.54. The van der Waals surface area contributed by atoms with Crippen LogP contribution in [0.25, 0.3) is 0 Å². The molecule has 0 aromatic rings. The minimum absolute atomic E-state index is 0.0336. The van der Waals surface area contributed by atoms with Gasteiger partial charge in [-0.05, 0) is 0 Å². The lowest BCUT2D eigenvalue weighted by molar-refractivity contribution is -0.137. The summed E-state index contributed by atoms with van der Waals surface area (Å²) in [7, 11) is 0. The molecule has 0 aliphatic rings. The predicted molar refractivity (Wildman–Crippen MR) is 56.0 cm³/mol. The average Bonchev–Trinajstić information content (AvgIpc) is 2.27. The Morgan fingerprint density at radius 3 is 2.44 bits per heavy atom. The number of carbonyl (C=O) groups is 3. The van der Waals surface area contributed by atoms with E-state index in [1.54, 1.807) is 0 Å². The van der Waals surface area contributed by atoms with E-state index in [1.807, 2.05) is 5.32 Å². The minimum atomic E-state index is -0.874. The number of carbonyl (C=O) groups excluding carboxylic acids is 3. The Bertz CT molecular complexity index is 279. The Morgan fingerprint density at radius 1 is 1.25 bits per heavy atom. The Kier molecular flexibility index (Phi) is 7.87. The van der Waals surface area contributed by atoms with Crippen molar-refractivity contribution >= 4 is 29.6 Å². The zero-order chi connectivity index (χ0) is 12.4. The van der Waals surface area contributed by atoms with Gasteiger partial charge in [0.25, 0.3) is 0 Å². The summed E-state index contributed by atoms with van der Waals surface area (Å²) in [5.74, 6) is -1.49. The van der Waals surface area contributed by atoms with E-state index in [1.165, 1.54) is 0 Å². The summed E-state index contributed by atoms with van der Waals surface area (Å²) < 4.78 is 9.20. The lowest BCUT2D eigenvalue weighted by atomic mass is 10.5. The molecule has 0 bridgehead atoms. The third kappa shape index (κ3) is 7.81. The Labute approximate surface area is 97.5 Å². The maximum atomic E-state index is 10.8.